The molecule has 0 saturated heterocycles. The number of esters is 1. The number of hydrogen-bond donors (Lipinski definition) is 0. The minimum Gasteiger partial charge on any atom is -0.452 e. The van der Waals surface area contributed by atoms with Gasteiger partial charge in [-0.3, -0.25) is 4.79 Å². The molecule has 0 radical (unpaired) electrons. The number of amides is 1. The fourth-order valence-corrected chi connectivity index (χ4v) is 3.38. The lowest BCUT2D eigenvalue weighted by Crippen LogP contribution is -2.46. The van der Waals surface area contributed by atoms with E-state index in [0.29, 0.717) is 12.1 Å². The van der Waals surface area contributed by atoms with Gasteiger partial charge in [0.25, 0.3) is 5.91 Å². The molecular formula is C25H29N3O3. The first kappa shape index (κ1) is 22.3. The molecule has 0 fully saturated rings. The van der Waals surface area contributed by atoms with E-state index in [1.165, 1.54) is 0 Å². The summed E-state index contributed by atoms with van der Waals surface area (Å²) in [5.41, 5.74) is 3.82. The van der Waals surface area contributed by atoms with Crippen LogP contribution in [0, 0.1) is 13.8 Å². The Labute approximate surface area is 183 Å². The predicted octanol–water partition coefficient (Wildman–Crippen LogP) is 4.47. The van der Waals surface area contributed by atoms with Gasteiger partial charge in [-0.25, -0.2) is 9.48 Å². The third-order valence-electron chi connectivity index (χ3n) is 4.98. The van der Waals surface area contributed by atoms with Gasteiger partial charge in [-0.1, -0.05) is 30.3 Å². The molecule has 31 heavy (non-hydrogen) atoms. The third kappa shape index (κ3) is 5.60. The number of ether oxygens (including phenoxy) is 1. The molecule has 1 amide bonds. The monoisotopic (exact) mass is 419 g/mol. The van der Waals surface area contributed by atoms with Crippen molar-refractivity contribution in [1.82, 2.24) is 14.7 Å². The molecule has 162 valence electrons. The van der Waals surface area contributed by atoms with E-state index in [2.05, 4.69) is 5.10 Å². The van der Waals surface area contributed by atoms with Gasteiger partial charge in [-0.15, -0.1) is 0 Å². The summed E-state index contributed by atoms with van der Waals surface area (Å²) in [6.07, 6.45) is 0. The van der Waals surface area contributed by atoms with Crippen molar-refractivity contribution in [1.29, 1.82) is 0 Å². The molecule has 6 heteroatoms. The highest BCUT2D eigenvalue weighted by atomic mass is 16.5. The van der Waals surface area contributed by atoms with Crippen LogP contribution >= 0.6 is 0 Å². The zero-order valence-electron chi connectivity index (χ0n) is 18.8. The highest BCUT2D eigenvalue weighted by Gasteiger charge is 2.27. The molecule has 0 aliphatic rings. The maximum absolute atomic E-state index is 12.8. The van der Waals surface area contributed by atoms with Crippen molar-refractivity contribution in [3.05, 3.63) is 83.2 Å². The van der Waals surface area contributed by atoms with Crippen LogP contribution in [0.3, 0.4) is 0 Å². The highest BCUT2D eigenvalue weighted by Crippen LogP contribution is 2.18. The van der Waals surface area contributed by atoms with Crippen molar-refractivity contribution in [3.63, 3.8) is 0 Å². The van der Waals surface area contributed by atoms with Crippen LogP contribution in [0.2, 0.25) is 0 Å². The zero-order chi connectivity index (χ0) is 22.6. The SMILES string of the molecule is Cc1cc(C)n(-c2ccc(C(=O)OCC(=O)N(Cc3ccccc3)C(C)(C)C)cc2)n1. The number of aryl methyl sites for hydroxylation is 2. The molecule has 0 saturated carbocycles. The van der Waals surface area contributed by atoms with Crippen molar-refractivity contribution in [3.8, 4) is 5.69 Å². The van der Waals surface area contributed by atoms with Crippen molar-refractivity contribution in [2.75, 3.05) is 6.61 Å². The molecule has 0 unspecified atom stereocenters. The summed E-state index contributed by atoms with van der Waals surface area (Å²) < 4.78 is 7.14. The first-order valence-corrected chi connectivity index (χ1v) is 10.3. The number of rotatable bonds is 6. The van der Waals surface area contributed by atoms with E-state index in [4.69, 9.17) is 4.74 Å². The Morgan fingerprint density at radius 3 is 2.19 bits per heavy atom. The lowest BCUT2D eigenvalue weighted by atomic mass is 10.0. The average molecular weight is 420 g/mol. The summed E-state index contributed by atoms with van der Waals surface area (Å²) in [4.78, 5) is 27.1. The average Bonchev–Trinajstić information content (AvgIpc) is 3.08. The molecule has 3 rings (SSSR count). The Morgan fingerprint density at radius 1 is 1.00 bits per heavy atom. The van der Waals surface area contributed by atoms with Gasteiger partial charge in [0.1, 0.15) is 0 Å². The van der Waals surface area contributed by atoms with Gasteiger partial charge in [0, 0.05) is 17.8 Å². The topological polar surface area (TPSA) is 64.4 Å². The van der Waals surface area contributed by atoms with Crippen LogP contribution in [0.5, 0.6) is 0 Å². The fraction of sp³-hybridized carbons (Fsp3) is 0.320. The molecule has 0 aliphatic carbocycles. The number of carbonyl (C=O) groups excluding carboxylic acids is 2. The smallest absolute Gasteiger partial charge is 0.338 e. The summed E-state index contributed by atoms with van der Waals surface area (Å²) >= 11 is 0. The van der Waals surface area contributed by atoms with Crippen LogP contribution in [0.25, 0.3) is 5.69 Å². The largest absolute Gasteiger partial charge is 0.452 e. The van der Waals surface area contributed by atoms with Gasteiger partial charge in [0.15, 0.2) is 6.61 Å². The van der Waals surface area contributed by atoms with E-state index in [1.807, 2.05) is 87.8 Å². The summed E-state index contributed by atoms with van der Waals surface area (Å²) in [6, 6.07) is 18.8. The lowest BCUT2D eigenvalue weighted by molar-refractivity contribution is -0.140. The number of hydrogen-bond acceptors (Lipinski definition) is 4. The van der Waals surface area contributed by atoms with Gasteiger partial charge in [-0.2, -0.15) is 5.10 Å². The zero-order valence-corrected chi connectivity index (χ0v) is 18.8. The second kappa shape index (κ2) is 9.16. The molecule has 3 aromatic rings. The van der Waals surface area contributed by atoms with Crippen LogP contribution in [0.4, 0.5) is 0 Å². The van der Waals surface area contributed by atoms with Gasteiger partial charge in [0.05, 0.1) is 16.9 Å². The third-order valence-corrected chi connectivity index (χ3v) is 4.98. The Kier molecular flexibility index (Phi) is 6.59. The van der Waals surface area contributed by atoms with E-state index in [0.717, 1.165) is 22.6 Å². The second-order valence-corrected chi connectivity index (χ2v) is 8.60. The molecule has 0 bridgehead atoms. The van der Waals surface area contributed by atoms with Crippen LogP contribution < -0.4 is 0 Å². The summed E-state index contributed by atoms with van der Waals surface area (Å²) in [7, 11) is 0. The first-order chi connectivity index (χ1) is 14.6. The van der Waals surface area contributed by atoms with Crippen LogP contribution in [-0.2, 0) is 16.1 Å². The van der Waals surface area contributed by atoms with Crippen LogP contribution in [0.15, 0.2) is 60.7 Å². The number of carbonyl (C=O) groups is 2. The maximum Gasteiger partial charge on any atom is 0.338 e. The highest BCUT2D eigenvalue weighted by molar-refractivity contribution is 5.91. The van der Waals surface area contributed by atoms with Gasteiger partial charge >= 0.3 is 5.97 Å². The minimum atomic E-state index is -0.526. The quantitative estimate of drug-likeness (QED) is 0.553. The van der Waals surface area contributed by atoms with E-state index in [-0.39, 0.29) is 12.5 Å². The lowest BCUT2D eigenvalue weighted by Gasteiger charge is -2.35. The Morgan fingerprint density at radius 2 is 1.65 bits per heavy atom. The van der Waals surface area contributed by atoms with Crippen LogP contribution in [0.1, 0.15) is 48.1 Å². The first-order valence-electron chi connectivity index (χ1n) is 10.3. The van der Waals surface area contributed by atoms with E-state index in [9.17, 15) is 9.59 Å². The number of aromatic nitrogens is 2. The minimum absolute atomic E-state index is 0.232. The summed E-state index contributed by atoms with van der Waals surface area (Å²) in [5, 5.41) is 4.44. The summed E-state index contributed by atoms with van der Waals surface area (Å²) in [5.74, 6) is -0.759. The Bertz CT molecular complexity index is 1050. The molecule has 2 aromatic carbocycles. The summed E-state index contributed by atoms with van der Waals surface area (Å²) in [6.45, 7) is 9.96. The van der Waals surface area contributed by atoms with E-state index < -0.39 is 11.5 Å². The molecule has 0 atom stereocenters. The maximum atomic E-state index is 12.8. The molecule has 0 N–H and O–H groups in total. The van der Waals surface area contributed by atoms with Gasteiger partial charge in [-0.05, 0) is 70.5 Å². The molecular weight excluding hydrogens is 390 g/mol. The standard InChI is InChI=1S/C25H29N3O3/c1-18-15-19(2)28(26-18)22-13-11-21(12-14-22)24(30)31-17-23(29)27(25(3,4)5)16-20-9-7-6-8-10-20/h6-15H,16-17H2,1-5H3. The van der Waals surface area contributed by atoms with Crippen molar-refractivity contribution in [2.24, 2.45) is 0 Å². The van der Waals surface area contributed by atoms with Crippen LogP contribution in [-0.4, -0.2) is 38.7 Å². The van der Waals surface area contributed by atoms with Crippen molar-refractivity contribution in [2.45, 2.75) is 46.7 Å². The van der Waals surface area contributed by atoms with Crippen molar-refractivity contribution >= 4 is 11.9 Å². The molecule has 0 aliphatic heterocycles. The van der Waals surface area contributed by atoms with Gasteiger partial charge < -0.3 is 9.64 Å². The number of benzene rings is 2. The van der Waals surface area contributed by atoms with E-state index in [1.54, 1.807) is 17.0 Å². The Balaban J connectivity index is 1.64. The molecule has 1 heterocycles. The second-order valence-electron chi connectivity index (χ2n) is 8.60. The number of nitrogens with zero attached hydrogens (tertiary/aromatic N) is 3. The molecule has 6 nitrogen and oxygen atoms in total. The van der Waals surface area contributed by atoms with Crippen molar-refractivity contribution < 1.29 is 14.3 Å². The normalized spacial score (nSPS) is 11.3. The predicted molar refractivity (Wildman–Crippen MR) is 120 cm³/mol. The molecule has 0 spiro atoms. The molecule has 1 aromatic heterocycles. The Hall–Kier alpha value is -3.41. The fourth-order valence-electron chi connectivity index (χ4n) is 3.38. The van der Waals surface area contributed by atoms with Gasteiger partial charge in [0.2, 0.25) is 0 Å². The van der Waals surface area contributed by atoms with E-state index >= 15 is 0 Å².